The molecule has 1 atom stereocenters. The first-order valence-corrected chi connectivity index (χ1v) is 8.58. The Morgan fingerprint density at radius 3 is 2.58 bits per heavy atom. The first-order chi connectivity index (χ1) is 12.3. The Balaban J connectivity index is 2.17. The molecule has 0 aromatic heterocycles. The second-order valence-electron chi connectivity index (χ2n) is 5.78. The Morgan fingerprint density at radius 2 is 1.92 bits per heavy atom. The van der Waals surface area contributed by atoms with Gasteiger partial charge in [-0.3, -0.25) is 4.79 Å². The molecule has 2 rings (SSSR count). The second kappa shape index (κ2) is 9.05. The fraction of sp³-hybridized carbons (Fsp3) is 0.316. The zero-order valence-corrected chi connectivity index (χ0v) is 15.0. The summed E-state index contributed by atoms with van der Waals surface area (Å²) in [5, 5.41) is 2.30. The average Bonchev–Trinajstić information content (AvgIpc) is 2.59. The van der Waals surface area contributed by atoms with E-state index in [0.717, 1.165) is 17.7 Å². The molecule has 0 spiro atoms. The van der Waals surface area contributed by atoms with Gasteiger partial charge in [0.1, 0.15) is 19.0 Å². The van der Waals surface area contributed by atoms with Crippen molar-refractivity contribution in [1.82, 2.24) is 0 Å². The van der Waals surface area contributed by atoms with Crippen LogP contribution in [0, 0.1) is 0 Å². The van der Waals surface area contributed by atoms with Gasteiger partial charge in [0.05, 0.1) is 12.2 Å². The lowest BCUT2D eigenvalue weighted by molar-refractivity contribution is -0.710. The number of halogens is 4. The normalized spacial score (nSPS) is 12.7. The van der Waals surface area contributed by atoms with Crippen molar-refractivity contribution in [3.63, 3.8) is 0 Å². The van der Waals surface area contributed by atoms with Crippen molar-refractivity contribution < 1.29 is 28.0 Å². The van der Waals surface area contributed by atoms with Gasteiger partial charge < -0.3 is 10.1 Å². The number of ether oxygens (including phenoxy) is 1. The van der Waals surface area contributed by atoms with Crippen LogP contribution in [0.15, 0.2) is 48.5 Å². The molecule has 0 aliphatic heterocycles. The van der Waals surface area contributed by atoms with Crippen molar-refractivity contribution >= 4 is 17.6 Å². The van der Waals surface area contributed by atoms with Crippen LogP contribution in [-0.4, -0.2) is 12.6 Å². The number of hydrogen-bond acceptors (Lipinski definition) is 2. The first kappa shape index (κ1) is 20.3. The summed E-state index contributed by atoms with van der Waals surface area (Å²) in [6.45, 7) is 2.26. The van der Waals surface area contributed by atoms with E-state index in [1.165, 1.54) is 6.07 Å². The molecule has 0 bridgehead atoms. The maximum atomic E-state index is 12.9. The molecular formula is C19H20ClF3NO2+. The minimum Gasteiger partial charge on any atom is -0.466 e. The van der Waals surface area contributed by atoms with Crippen LogP contribution in [-0.2, 0) is 22.3 Å². The van der Waals surface area contributed by atoms with Crippen molar-refractivity contribution in [3.05, 3.63) is 70.2 Å². The first-order valence-electron chi connectivity index (χ1n) is 8.20. The molecule has 0 unspecified atom stereocenters. The number of carbonyl (C=O) groups excluding carboxylic acids is 1. The fourth-order valence-electron chi connectivity index (χ4n) is 2.65. The van der Waals surface area contributed by atoms with E-state index in [9.17, 15) is 18.0 Å². The number of benzene rings is 2. The lowest BCUT2D eigenvalue weighted by Gasteiger charge is -2.17. The van der Waals surface area contributed by atoms with Crippen molar-refractivity contribution in [2.45, 2.75) is 32.1 Å². The summed E-state index contributed by atoms with van der Waals surface area (Å²) in [4.78, 5) is 11.9. The summed E-state index contributed by atoms with van der Waals surface area (Å²) in [6.07, 6.45) is -4.31. The number of hydrogen-bond donors (Lipinski definition) is 1. The van der Waals surface area contributed by atoms with Crippen LogP contribution in [0.2, 0.25) is 5.02 Å². The zero-order valence-electron chi connectivity index (χ0n) is 14.2. The molecule has 0 aliphatic carbocycles. The molecule has 0 saturated heterocycles. The van der Waals surface area contributed by atoms with Gasteiger partial charge in [-0.15, -0.1) is 0 Å². The van der Waals surface area contributed by atoms with Crippen molar-refractivity contribution in [2.24, 2.45) is 0 Å². The van der Waals surface area contributed by atoms with Gasteiger partial charge >= 0.3 is 12.1 Å². The molecule has 0 radical (unpaired) electrons. The lowest BCUT2D eigenvalue weighted by Crippen LogP contribution is -2.84. The van der Waals surface area contributed by atoms with Gasteiger partial charge in [0, 0.05) is 16.1 Å². The average molecular weight is 387 g/mol. The molecule has 0 amide bonds. The molecule has 0 fully saturated rings. The molecule has 2 aromatic carbocycles. The van der Waals surface area contributed by atoms with Crippen LogP contribution in [0.4, 0.5) is 13.2 Å². The van der Waals surface area contributed by atoms with E-state index in [-0.39, 0.29) is 31.6 Å². The highest BCUT2D eigenvalue weighted by molar-refractivity contribution is 6.31. The Kier molecular flexibility index (Phi) is 7.06. The van der Waals surface area contributed by atoms with Gasteiger partial charge in [0.15, 0.2) is 0 Å². The predicted molar refractivity (Wildman–Crippen MR) is 92.5 cm³/mol. The number of rotatable bonds is 7. The Hall–Kier alpha value is -2.05. The highest BCUT2D eigenvalue weighted by Crippen LogP contribution is 2.29. The van der Waals surface area contributed by atoms with Crippen LogP contribution >= 0.6 is 11.6 Å². The molecule has 26 heavy (non-hydrogen) atoms. The molecule has 2 N–H and O–H groups in total. The Morgan fingerprint density at radius 1 is 1.19 bits per heavy atom. The van der Waals surface area contributed by atoms with E-state index in [2.05, 4.69) is 0 Å². The van der Waals surface area contributed by atoms with Gasteiger partial charge in [-0.1, -0.05) is 41.9 Å². The van der Waals surface area contributed by atoms with E-state index in [1.54, 1.807) is 42.6 Å². The largest absolute Gasteiger partial charge is 0.466 e. The van der Waals surface area contributed by atoms with Gasteiger partial charge in [-0.2, -0.15) is 13.2 Å². The number of nitrogens with two attached hydrogens (primary N) is 1. The van der Waals surface area contributed by atoms with E-state index >= 15 is 0 Å². The van der Waals surface area contributed by atoms with E-state index in [0.29, 0.717) is 10.6 Å². The van der Waals surface area contributed by atoms with Gasteiger partial charge in [0.25, 0.3) is 0 Å². The maximum absolute atomic E-state index is 12.9. The molecule has 0 heterocycles. The maximum Gasteiger partial charge on any atom is 0.416 e. The van der Waals surface area contributed by atoms with E-state index in [1.807, 2.05) is 0 Å². The molecule has 7 heteroatoms. The zero-order chi connectivity index (χ0) is 19.2. The standard InChI is InChI=1S/C19H19ClF3NO2/c1-2-26-18(25)11-17(15-8-3-4-9-16(15)20)24-12-13-6-5-7-14(10-13)19(21,22)23/h3-10,17,24H,2,11-12H2,1H3/p+1/t17-/m1/s1. The number of alkyl halides is 3. The quantitative estimate of drug-likeness (QED) is 0.727. The van der Waals surface area contributed by atoms with Crippen LogP contribution in [0.25, 0.3) is 0 Å². The number of carbonyl (C=O) groups is 1. The topological polar surface area (TPSA) is 42.9 Å². The molecule has 0 aliphatic rings. The summed E-state index contributed by atoms with van der Waals surface area (Å²) in [6, 6.07) is 11.9. The highest BCUT2D eigenvalue weighted by atomic mass is 35.5. The summed E-state index contributed by atoms with van der Waals surface area (Å²) in [5.41, 5.74) is 0.568. The monoisotopic (exact) mass is 386 g/mol. The Bertz CT molecular complexity index is 750. The molecule has 2 aromatic rings. The van der Waals surface area contributed by atoms with Crippen LogP contribution in [0.3, 0.4) is 0 Å². The molecule has 0 saturated carbocycles. The van der Waals surface area contributed by atoms with Gasteiger partial charge in [-0.25, -0.2) is 0 Å². The lowest BCUT2D eigenvalue weighted by atomic mass is 10.0. The Labute approximate surface area is 155 Å². The van der Waals surface area contributed by atoms with Gasteiger partial charge in [0.2, 0.25) is 0 Å². The highest BCUT2D eigenvalue weighted by Gasteiger charge is 2.30. The smallest absolute Gasteiger partial charge is 0.416 e. The third kappa shape index (κ3) is 5.75. The minimum absolute atomic E-state index is 0.0799. The van der Waals surface area contributed by atoms with Crippen molar-refractivity contribution in [1.29, 1.82) is 0 Å². The second-order valence-corrected chi connectivity index (χ2v) is 6.18. The van der Waals surface area contributed by atoms with Crippen LogP contribution in [0.1, 0.15) is 36.1 Å². The van der Waals surface area contributed by atoms with Crippen molar-refractivity contribution in [2.75, 3.05) is 6.61 Å². The minimum atomic E-state index is -4.39. The van der Waals surface area contributed by atoms with Crippen molar-refractivity contribution in [3.8, 4) is 0 Å². The van der Waals surface area contributed by atoms with E-state index < -0.39 is 11.7 Å². The predicted octanol–water partition coefficient (Wildman–Crippen LogP) is 4.12. The van der Waals surface area contributed by atoms with Crippen LogP contribution in [0.5, 0.6) is 0 Å². The summed E-state index contributed by atoms with van der Waals surface area (Å²) in [5.74, 6) is -0.377. The summed E-state index contributed by atoms with van der Waals surface area (Å²) in [7, 11) is 0. The van der Waals surface area contributed by atoms with Crippen LogP contribution < -0.4 is 5.32 Å². The molecule has 3 nitrogen and oxygen atoms in total. The number of esters is 1. The molecule has 140 valence electrons. The van der Waals surface area contributed by atoms with Gasteiger partial charge in [-0.05, 0) is 25.1 Å². The summed E-state index contributed by atoms with van der Waals surface area (Å²) >= 11 is 6.23. The third-order valence-corrected chi connectivity index (χ3v) is 4.23. The SMILES string of the molecule is CCOC(=O)C[C@@H]([NH2+]Cc1cccc(C(F)(F)F)c1)c1ccccc1Cl. The molecular weight excluding hydrogens is 367 g/mol. The third-order valence-electron chi connectivity index (χ3n) is 3.89. The fourth-order valence-corrected chi connectivity index (χ4v) is 2.92. The van der Waals surface area contributed by atoms with E-state index in [4.69, 9.17) is 16.3 Å². The number of quaternary nitrogens is 1. The summed E-state index contributed by atoms with van der Waals surface area (Å²) < 4.78 is 43.6.